The molecule has 2 heteroatoms. The Morgan fingerprint density at radius 2 is 1.20 bits per heavy atom. The molecule has 32 valence electrons. The van der Waals surface area contributed by atoms with Crippen molar-refractivity contribution in [1.29, 1.82) is 0 Å². The van der Waals surface area contributed by atoms with Gasteiger partial charge >= 0.3 is 0 Å². The third-order valence-corrected chi connectivity index (χ3v) is 0. The Bertz CT molecular complexity index is 22.4. The summed E-state index contributed by atoms with van der Waals surface area (Å²) >= 11 is -1.36. The Morgan fingerprint density at radius 1 is 1.20 bits per heavy atom. The summed E-state index contributed by atoms with van der Waals surface area (Å²) in [5.41, 5.74) is 0. The Kier molecular flexibility index (Phi) is 1.76. The summed E-state index contributed by atoms with van der Waals surface area (Å²) in [5.74, 6) is 6.36. The van der Waals surface area contributed by atoms with Crippen molar-refractivity contribution in [3.8, 4) is 0 Å². The number of halogens is 1. The van der Waals surface area contributed by atoms with Crippen molar-refractivity contribution in [2.75, 3.05) is 0 Å². The Labute approximate surface area is 40.0 Å². The molecule has 5 heavy (non-hydrogen) atoms. The van der Waals surface area contributed by atoms with Crippen molar-refractivity contribution in [3.63, 3.8) is 0 Å². The summed E-state index contributed by atoms with van der Waals surface area (Å²) in [6, 6.07) is 0. The van der Waals surface area contributed by atoms with Crippen LogP contribution < -0.4 is 0 Å². The van der Waals surface area contributed by atoms with E-state index in [0.29, 0.717) is 0 Å². The second-order valence-corrected chi connectivity index (χ2v) is 11.1. The quantitative estimate of drug-likeness (QED) is 0.416. The van der Waals surface area contributed by atoms with E-state index >= 15 is 0 Å². The second-order valence-electron chi connectivity index (χ2n) is 2.39. The van der Waals surface area contributed by atoms with Gasteiger partial charge in [0, 0.05) is 0 Å². The van der Waals surface area contributed by atoms with Gasteiger partial charge in [0.2, 0.25) is 12.2 Å². The van der Waals surface area contributed by atoms with Crippen LogP contribution in [0.15, 0.2) is 0 Å². The first-order valence-electron chi connectivity index (χ1n) is 1.95. The molecule has 0 aromatic rings. The van der Waals surface area contributed by atoms with Crippen molar-refractivity contribution < 1.29 is 0 Å². The van der Waals surface area contributed by atoms with Gasteiger partial charge in [0.1, 0.15) is 0 Å². The minimum absolute atomic E-state index is 1.36. The fourth-order valence-electron chi connectivity index (χ4n) is 0. The Hall–Kier alpha value is 0.822. The molecule has 0 bridgehead atoms. The zero-order valence-electron chi connectivity index (χ0n) is 3.96. The third-order valence-electron chi connectivity index (χ3n) is 0. The highest BCUT2D eigenvalue weighted by Crippen LogP contribution is 2.03. The maximum absolute atomic E-state index is 5.70. The first-order valence-corrected chi connectivity index (χ1v) is 7.16. The zero-order valence-corrected chi connectivity index (χ0v) is 5.87. The molecule has 0 N–H and O–H groups in total. The van der Waals surface area contributed by atoms with Gasteiger partial charge in [-0.2, -0.15) is 17.4 Å². The van der Waals surface area contributed by atoms with E-state index in [1.165, 1.54) is 0 Å². The SMILES string of the molecule is [CH3][Al-]([CH3])([CH3])[Cl]. The van der Waals surface area contributed by atoms with E-state index in [9.17, 15) is 0 Å². The predicted molar refractivity (Wildman–Crippen MR) is 29.2 cm³/mol. The lowest BCUT2D eigenvalue weighted by molar-refractivity contribution is 1.87. The van der Waals surface area contributed by atoms with Crippen LogP contribution in [0.3, 0.4) is 0 Å². The number of hydrogen-bond acceptors (Lipinski definition) is 0. The molecule has 0 heterocycles. The lowest BCUT2D eigenvalue weighted by Crippen LogP contribution is -2.06. The predicted octanol–water partition coefficient (Wildman–Crippen LogP) is 2.06. The molecule has 0 amide bonds. The van der Waals surface area contributed by atoms with Crippen molar-refractivity contribution in [2.45, 2.75) is 17.4 Å². The molecule has 0 unspecified atom stereocenters. The van der Waals surface area contributed by atoms with Gasteiger partial charge in [-0.1, -0.05) is 0 Å². The zero-order chi connectivity index (χ0) is 4.50. The molecule has 0 saturated heterocycles. The summed E-state index contributed by atoms with van der Waals surface area (Å²) in [6.45, 7) is 0. The maximum Gasteiger partial charge on any atom is 0.231 e. The summed E-state index contributed by atoms with van der Waals surface area (Å²) in [5, 5.41) is 0. The third kappa shape index (κ3) is 56.8. The van der Waals surface area contributed by atoms with Gasteiger partial charge in [0.15, 0.2) is 0 Å². The van der Waals surface area contributed by atoms with Crippen molar-refractivity contribution in [2.24, 2.45) is 0 Å². The van der Waals surface area contributed by atoms with Crippen LogP contribution >= 0.6 is 10.0 Å². The van der Waals surface area contributed by atoms with E-state index < -0.39 is 12.2 Å². The van der Waals surface area contributed by atoms with Gasteiger partial charge in [-0.3, -0.25) is 0 Å². The van der Waals surface area contributed by atoms with Gasteiger partial charge < -0.3 is 10.0 Å². The van der Waals surface area contributed by atoms with Crippen LogP contribution in [0.5, 0.6) is 0 Å². The lowest BCUT2D eigenvalue weighted by atomic mass is 11.8. The van der Waals surface area contributed by atoms with Gasteiger partial charge in [-0.15, -0.1) is 0 Å². The molecule has 0 radical (unpaired) electrons. The van der Waals surface area contributed by atoms with E-state index in [2.05, 4.69) is 17.4 Å². The maximum atomic E-state index is 5.70. The molecule has 0 atom stereocenters. The van der Waals surface area contributed by atoms with Crippen molar-refractivity contribution in [3.05, 3.63) is 0 Å². The molecule has 0 rings (SSSR count). The summed E-state index contributed by atoms with van der Waals surface area (Å²) < 4.78 is 0. The first-order chi connectivity index (χ1) is 2.00. The van der Waals surface area contributed by atoms with E-state index in [1.807, 2.05) is 0 Å². The molecule has 0 nitrogen and oxygen atoms in total. The molecule has 0 aliphatic carbocycles. The highest BCUT2D eigenvalue weighted by atomic mass is 35.6. The molecule has 0 spiro atoms. The van der Waals surface area contributed by atoms with Crippen LogP contribution in [-0.2, 0) is 0 Å². The Balaban J connectivity index is 3.02. The molecule has 0 aromatic heterocycles. The second kappa shape index (κ2) is 1.51. The summed E-state index contributed by atoms with van der Waals surface area (Å²) in [4.78, 5) is 0. The normalized spacial score (nSPS) is 12.0. The van der Waals surface area contributed by atoms with E-state index in [0.717, 1.165) is 0 Å². The van der Waals surface area contributed by atoms with Crippen molar-refractivity contribution in [1.82, 2.24) is 0 Å². The van der Waals surface area contributed by atoms with Crippen LogP contribution in [0.1, 0.15) is 0 Å². The van der Waals surface area contributed by atoms with E-state index in [4.69, 9.17) is 10.0 Å². The van der Waals surface area contributed by atoms with Gasteiger partial charge in [-0.05, 0) is 0 Å². The van der Waals surface area contributed by atoms with Crippen LogP contribution in [-0.4, -0.2) is 12.2 Å². The molecule has 0 fully saturated rings. The fraction of sp³-hybridized carbons (Fsp3) is 1.00. The van der Waals surface area contributed by atoms with E-state index in [-0.39, 0.29) is 0 Å². The van der Waals surface area contributed by atoms with Crippen LogP contribution in [0, 0.1) is 0 Å². The smallest absolute Gasteiger partial charge is 0.231 e. The highest BCUT2D eigenvalue weighted by Gasteiger charge is 2.01. The molecule has 0 aliphatic rings. The molecule has 0 saturated carbocycles. The lowest BCUT2D eigenvalue weighted by Gasteiger charge is -2.03. The monoisotopic (exact) mass is 107 g/mol. The molecular weight excluding hydrogens is 98.5 g/mol. The minimum Gasteiger partial charge on any atom is -0.443 e. The van der Waals surface area contributed by atoms with Crippen LogP contribution in [0.4, 0.5) is 0 Å². The molecule has 0 aliphatic heterocycles. The Morgan fingerprint density at radius 3 is 1.20 bits per heavy atom. The van der Waals surface area contributed by atoms with Crippen LogP contribution in [0.25, 0.3) is 0 Å². The van der Waals surface area contributed by atoms with Gasteiger partial charge in [0.25, 0.3) is 0 Å². The summed E-state index contributed by atoms with van der Waals surface area (Å²) in [6.07, 6.45) is 0. The standard InChI is InChI=1S/3CH3.Al.ClH/h3*1H3;;1H/p-1. The fourth-order valence-corrected chi connectivity index (χ4v) is 0. The summed E-state index contributed by atoms with van der Waals surface area (Å²) in [7, 11) is 5.70. The number of hydrogen-bond donors (Lipinski definition) is 0. The average molecular weight is 108 g/mol. The van der Waals surface area contributed by atoms with E-state index in [1.54, 1.807) is 0 Å². The minimum atomic E-state index is -1.36. The molecular formula is C3H9AlCl-. The largest absolute Gasteiger partial charge is 0.443 e. The van der Waals surface area contributed by atoms with Crippen molar-refractivity contribution >= 4 is 22.2 Å². The van der Waals surface area contributed by atoms with Crippen LogP contribution in [0.2, 0.25) is 17.4 Å². The number of rotatable bonds is 0. The molecule has 0 aromatic carbocycles. The highest BCUT2D eigenvalue weighted by molar-refractivity contribution is 7.18. The topological polar surface area (TPSA) is 0 Å². The first kappa shape index (κ1) is 5.82. The average Bonchev–Trinajstić information content (AvgIpc) is 0.722. The van der Waals surface area contributed by atoms with Gasteiger partial charge in [-0.25, -0.2) is 0 Å². The van der Waals surface area contributed by atoms with Gasteiger partial charge in [0.05, 0.1) is 0 Å².